The molecule has 1 atom stereocenters. The summed E-state index contributed by atoms with van der Waals surface area (Å²) in [4.78, 5) is 21.5. The molecule has 0 aromatic heterocycles. The zero-order valence-electron chi connectivity index (χ0n) is 8.65. The van der Waals surface area contributed by atoms with Crippen molar-refractivity contribution in [3.8, 4) is 0 Å². The molecular weight excluding hydrogens is 188 g/mol. The second-order valence-corrected chi connectivity index (χ2v) is 3.14. The highest BCUT2D eigenvalue weighted by atomic mass is 16.6. The Morgan fingerprint density at radius 1 is 1.36 bits per heavy atom. The molecule has 1 unspecified atom stereocenters. The van der Waals surface area contributed by atoms with E-state index in [9.17, 15) is 9.59 Å². The molecule has 0 radical (unpaired) electrons. The van der Waals surface area contributed by atoms with Gasteiger partial charge in [-0.1, -0.05) is 0 Å². The number of hydrogen-bond acceptors (Lipinski definition) is 4. The summed E-state index contributed by atoms with van der Waals surface area (Å²) < 4.78 is 9.70. The third-order valence-corrected chi connectivity index (χ3v) is 1.52. The standard InChI is InChI=1S/C9H16O5/c1-6(2)14-9(12)7(13-3)4-5-8(10)11/h6-7H,4-5H2,1-3H3,(H,10,11). The molecule has 0 aromatic rings. The van der Waals surface area contributed by atoms with Crippen LogP contribution < -0.4 is 0 Å². The molecule has 82 valence electrons. The largest absolute Gasteiger partial charge is 0.481 e. The van der Waals surface area contributed by atoms with Gasteiger partial charge in [-0.3, -0.25) is 4.79 Å². The molecule has 0 saturated heterocycles. The maximum atomic E-state index is 11.3. The van der Waals surface area contributed by atoms with E-state index in [2.05, 4.69) is 0 Å². The number of methoxy groups -OCH3 is 1. The Morgan fingerprint density at radius 2 is 1.93 bits per heavy atom. The first-order chi connectivity index (χ1) is 6.47. The average Bonchev–Trinajstić information content (AvgIpc) is 2.03. The summed E-state index contributed by atoms with van der Waals surface area (Å²) >= 11 is 0. The van der Waals surface area contributed by atoms with E-state index in [1.165, 1.54) is 7.11 Å². The predicted molar refractivity (Wildman–Crippen MR) is 48.9 cm³/mol. The van der Waals surface area contributed by atoms with Gasteiger partial charge in [0.2, 0.25) is 0 Å². The highest BCUT2D eigenvalue weighted by molar-refractivity contribution is 5.76. The molecule has 5 heteroatoms. The number of esters is 1. The predicted octanol–water partition coefficient (Wildman–Crippen LogP) is 0.818. The van der Waals surface area contributed by atoms with Gasteiger partial charge in [0, 0.05) is 13.5 Å². The molecular formula is C9H16O5. The third-order valence-electron chi connectivity index (χ3n) is 1.52. The molecule has 0 bridgehead atoms. The summed E-state index contributed by atoms with van der Waals surface area (Å²) in [6, 6.07) is 0. The Hall–Kier alpha value is -1.10. The van der Waals surface area contributed by atoms with Crippen molar-refractivity contribution in [3.05, 3.63) is 0 Å². The van der Waals surface area contributed by atoms with Gasteiger partial charge in [-0.2, -0.15) is 0 Å². The Kier molecular flexibility index (Phi) is 5.87. The van der Waals surface area contributed by atoms with Crippen LogP contribution in [0.15, 0.2) is 0 Å². The Labute approximate surface area is 83.0 Å². The zero-order chi connectivity index (χ0) is 11.1. The van der Waals surface area contributed by atoms with Crippen LogP contribution in [0.25, 0.3) is 0 Å². The maximum Gasteiger partial charge on any atom is 0.335 e. The molecule has 0 amide bonds. The number of hydrogen-bond donors (Lipinski definition) is 1. The van der Waals surface area contributed by atoms with E-state index in [4.69, 9.17) is 14.6 Å². The van der Waals surface area contributed by atoms with E-state index >= 15 is 0 Å². The van der Waals surface area contributed by atoms with Gasteiger partial charge in [0.1, 0.15) is 0 Å². The average molecular weight is 204 g/mol. The molecule has 14 heavy (non-hydrogen) atoms. The molecule has 0 aliphatic rings. The minimum atomic E-state index is -0.954. The van der Waals surface area contributed by atoms with Crippen molar-refractivity contribution in [2.24, 2.45) is 0 Å². The smallest absolute Gasteiger partial charge is 0.335 e. The lowest BCUT2D eigenvalue weighted by molar-refractivity contribution is -0.160. The van der Waals surface area contributed by atoms with Crippen molar-refractivity contribution in [1.82, 2.24) is 0 Å². The van der Waals surface area contributed by atoms with Crippen molar-refractivity contribution in [3.63, 3.8) is 0 Å². The van der Waals surface area contributed by atoms with Crippen LogP contribution in [0.1, 0.15) is 26.7 Å². The van der Waals surface area contributed by atoms with Crippen LogP contribution in [0.2, 0.25) is 0 Å². The second-order valence-electron chi connectivity index (χ2n) is 3.14. The Morgan fingerprint density at radius 3 is 2.29 bits per heavy atom. The van der Waals surface area contributed by atoms with Crippen molar-refractivity contribution >= 4 is 11.9 Å². The quantitative estimate of drug-likeness (QED) is 0.648. The molecule has 0 aliphatic carbocycles. The first-order valence-electron chi connectivity index (χ1n) is 4.42. The Bertz CT molecular complexity index is 199. The van der Waals surface area contributed by atoms with Crippen LogP contribution in [0, 0.1) is 0 Å². The molecule has 0 aromatic carbocycles. The minimum Gasteiger partial charge on any atom is -0.481 e. The monoisotopic (exact) mass is 204 g/mol. The number of carbonyl (C=O) groups excluding carboxylic acids is 1. The van der Waals surface area contributed by atoms with Crippen molar-refractivity contribution in [2.75, 3.05) is 7.11 Å². The first kappa shape index (κ1) is 12.9. The maximum absolute atomic E-state index is 11.3. The van der Waals surface area contributed by atoms with Gasteiger partial charge in [0.05, 0.1) is 6.10 Å². The van der Waals surface area contributed by atoms with Crippen LogP contribution in [-0.4, -0.2) is 36.4 Å². The van der Waals surface area contributed by atoms with Gasteiger partial charge in [0.15, 0.2) is 6.10 Å². The van der Waals surface area contributed by atoms with E-state index < -0.39 is 18.0 Å². The van der Waals surface area contributed by atoms with Gasteiger partial charge < -0.3 is 14.6 Å². The fraction of sp³-hybridized carbons (Fsp3) is 0.778. The van der Waals surface area contributed by atoms with Gasteiger partial charge in [-0.05, 0) is 20.3 Å². The molecule has 0 spiro atoms. The fourth-order valence-electron chi connectivity index (χ4n) is 0.895. The number of ether oxygens (including phenoxy) is 2. The number of carbonyl (C=O) groups is 2. The van der Waals surface area contributed by atoms with Crippen LogP contribution in [0.5, 0.6) is 0 Å². The first-order valence-corrected chi connectivity index (χ1v) is 4.42. The van der Waals surface area contributed by atoms with Gasteiger partial charge in [-0.15, -0.1) is 0 Å². The zero-order valence-corrected chi connectivity index (χ0v) is 8.65. The Balaban J connectivity index is 3.99. The summed E-state index contributed by atoms with van der Waals surface area (Å²) in [7, 11) is 1.36. The second kappa shape index (κ2) is 6.37. The summed E-state index contributed by atoms with van der Waals surface area (Å²) in [6.07, 6.45) is -0.971. The molecule has 0 fully saturated rings. The van der Waals surface area contributed by atoms with E-state index in [-0.39, 0.29) is 18.9 Å². The van der Waals surface area contributed by atoms with Crippen molar-refractivity contribution < 1.29 is 24.2 Å². The van der Waals surface area contributed by atoms with Crippen molar-refractivity contribution in [1.29, 1.82) is 0 Å². The van der Waals surface area contributed by atoms with E-state index in [1.54, 1.807) is 13.8 Å². The fourth-order valence-corrected chi connectivity index (χ4v) is 0.895. The summed E-state index contributed by atoms with van der Waals surface area (Å²) in [5.41, 5.74) is 0. The minimum absolute atomic E-state index is 0.105. The molecule has 0 heterocycles. The summed E-state index contributed by atoms with van der Waals surface area (Å²) in [5, 5.41) is 8.41. The lowest BCUT2D eigenvalue weighted by atomic mass is 10.2. The summed E-state index contributed by atoms with van der Waals surface area (Å²) in [6.45, 7) is 3.45. The van der Waals surface area contributed by atoms with Crippen LogP contribution in [-0.2, 0) is 19.1 Å². The SMILES string of the molecule is COC(CCC(=O)O)C(=O)OC(C)C. The summed E-state index contributed by atoms with van der Waals surface area (Å²) in [5.74, 6) is -1.46. The van der Waals surface area contributed by atoms with E-state index in [1.807, 2.05) is 0 Å². The topological polar surface area (TPSA) is 72.8 Å². The molecule has 1 N–H and O–H groups in total. The normalized spacial score (nSPS) is 12.6. The molecule has 0 saturated carbocycles. The molecule has 5 nitrogen and oxygen atoms in total. The lowest BCUT2D eigenvalue weighted by Gasteiger charge is -2.15. The highest BCUT2D eigenvalue weighted by Crippen LogP contribution is 2.05. The number of aliphatic carboxylic acids is 1. The van der Waals surface area contributed by atoms with Crippen LogP contribution in [0.4, 0.5) is 0 Å². The molecule has 0 aliphatic heterocycles. The number of carboxylic acids is 1. The van der Waals surface area contributed by atoms with Gasteiger partial charge >= 0.3 is 11.9 Å². The van der Waals surface area contributed by atoms with E-state index in [0.717, 1.165) is 0 Å². The number of rotatable bonds is 6. The number of carboxylic acid groups (broad SMARTS) is 1. The molecule has 0 rings (SSSR count). The van der Waals surface area contributed by atoms with Crippen LogP contribution in [0.3, 0.4) is 0 Å². The van der Waals surface area contributed by atoms with Gasteiger partial charge in [-0.25, -0.2) is 4.79 Å². The van der Waals surface area contributed by atoms with Crippen LogP contribution >= 0.6 is 0 Å². The lowest BCUT2D eigenvalue weighted by Crippen LogP contribution is -2.28. The van der Waals surface area contributed by atoms with Crippen molar-refractivity contribution in [2.45, 2.75) is 38.9 Å². The van der Waals surface area contributed by atoms with Gasteiger partial charge in [0.25, 0.3) is 0 Å². The van der Waals surface area contributed by atoms with E-state index in [0.29, 0.717) is 0 Å². The highest BCUT2D eigenvalue weighted by Gasteiger charge is 2.21. The third kappa shape index (κ3) is 5.53.